The molecule has 0 aliphatic heterocycles. The molecule has 0 aliphatic carbocycles. The van der Waals surface area contributed by atoms with E-state index >= 15 is 0 Å². The molecule has 1 rings (SSSR count). The molecule has 1 unspecified atom stereocenters. The predicted molar refractivity (Wildman–Crippen MR) is 53.4 cm³/mol. The van der Waals surface area contributed by atoms with Gasteiger partial charge in [0.05, 0.1) is 6.54 Å². The van der Waals surface area contributed by atoms with Crippen molar-refractivity contribution in [3.8, 4) is 5.75 Å². The minimum absolute atomic E-state index is 0.292. The van der Waals surface area contributed by atoms with Gasteiger partial charge in [0.2, 0.25) is 0 Å². The first kappa shape index (κ1) is 10.7. The molecule has 0 spiro atoms. The number of nitrogens with zero attached hydrogens (tertiary/aromatic N) is 1. The second-order valence-electron chi connectivity index (χ2n) is 3.20. The second-order valence-corrected chi connectivity index (χ2v) is 3.20. The standard InChI is InChI=1S/C10H13NO3/c1-8(6-7-11-12)9-2-4-10(14-13)5-3-9/h2-5,8,13H,6-7H2,1H3. The van der Waals surface area contributed by atoms with E-state index in [2.05, 4.69) is 10.1 Å². The van der Waals surface area contributed by atoms with Gasteiger partial charge in [-0.3, -0.25) is 0 Å². The SMILES string of the molecule is CC(CCN=O)c1ccc(OO)cc1. The lowest BCUT2D eigenvalue weighted by atomic mass is 9.98. The number of nitroso groups, excluding NO2 is 1. The molecule has 0 fully saturated rings. The van der Waals surface area contributed by atoms with Gasteiger partial charge in [-0.05, 0) is 30.0 Å². The van der Waals surface area contributed by atoms with E-state index < -0.39 is 0 Å². The average molecular weight is 195 g/mol. The van der Waals surface area contributed by atoms with Gasteiger partial charge < -0.3 is 4.89 Å². The van der Waals surface area contributed by atoms with Gasteiger partial charge in [-0.2, -0.15) is 4.91 Å². The first-order valence-corrected chi connectivity index (χ1v) is 4.48. The summed E-state index contributed by atoms with van der Waals surface area (Å²) < 4.78 is 0. The third-order valence-electron chi connectivity index (χ3n) is 2.21. The highest BCUT2D eigenvalue weighted by Crippen LogP contribution is 2.21. The van der Waals surface area contributed by atoms with Gasteiger partial charge in [0, 0.05) is 0 Å². The third kappa shape index (κ3) is 2.81. The van der Waals surface area contributed by atoms with Crippen LogP contribution in [0.15, 0.2) is 29.4 Å². The van der Waals surface area contributed by atoms with Crippen LogP contribution < -0.4 is 4.89 Å². The molecule has 1 N–H and O–H groups in total. The van der Waals surface area contributed by atoms with Gasteiger partial charge in [-0.15, -0.1) is 0 Å². The summed E-state index contributed by atoms with van der Waals surface area (Å²) in [4.78, 5) is 14.0. The van der Waals surface area contributed by atoms with Crippen LogP contribution >= 0.6 is 0 Å². The summed E-state index contributed by atoms with van der Waals surface area (Å²) in [5, 5.41) is 11.2. The van der Waals surface area contributed by atoms with Crippen molar-refractivity contribution in [2.24, 2.45) is 5.18 Å². The Kier molecular flexibility index (Phi) is 4.07. The molecule has 0 saturated heterocycles. The third-order valence-corrected chi connectivity index (χ3v) is 2.21. The number of benzene rings is 1. The molecule has 1 atom stereocenters. The van der Waals surface area contributed by atoms with E-state index in [9.17, 15) is 4.91 Å². The summed E-state index contributed by atoms with van der Waals surface area (Å²) in [7, 11) is 0. The lowest BCUT2D eigenvalue weighted by molar-refractivity contribution is -0.137. The monoisotopic (exact) mass is 195 g/mol. The van der Waals surface area contributed by atoms with Crippen LogP contribution in [0.5, 0.6) is 5.75 Å². The first-order chi connectivity index (χ1) is 6.77. The zero-order valence-electron chi connectivity index (χ0n) is 8.01. The van der Waals surface area contributed by atoms with Crippen molar-refractivity contribution in [3.63, 3.8) is 0 Å². The highest BCUT2D eigenvalue weighted by Gasteiger charge is 2.05. The Hall–Kier alpha value is -1.42. The van der Waals surface area contributed by atoms with E-state index in [1.54, 1.807) is 12.1 Å². The van der Waals surface area contributed by atoms with E-state index in [1.165, 1.54) is 0 Å². The molecule has 1 aromatic carbocycles. The van der Waals surface area contributed by atoms with Crippen molar-refractivity contribution in [3.05, 3.63) is 34.7 Å². The fourth-order valence-corrected chi connectivity index (χ4v) is 1.27. The number of rotatable bonds is 5. The molecule has 0 saturated carbocycles. The number of hydrogen-bond acceptors (Lipinski definition) is 4. The molecule has 0 bridgehead atoms. The van der Waals surface area contributed by atoms with Crippen LogP contribution in [0.3, 0.4) is 0 Å². The smallest absolute Gasteiger partial charge is 0.165 e. The summed E-state index contributed by atoms with van der Waals surface area (Å²) in [6.07, 6.45) is 0.739. The zero-order valence-corrected chi connectivity index (χ0v) is 8.01. The van der Waals surface area contributed by atoms with E-state index in [1.807, 2.05) is 19.1 Å². The van der Waals surface area contributed by atoms with Gasteiger partial charge in [-0.1, -0.05) is 24.2 Å². The highest BCUT2D eigenvalue weighted by molar-refractivity contribution is 5.28. The van der Waals surface area contributed by atoms with Crippen LogP contribution in [0.25, 0.3) is 0 Å². The van der Waals surface area contributed by atoms with Crippen molar-refractivity contribution in [2.75, 3.05) is 6.54 Å². The fourth-order valence-electron chi connectivity index (χ4n) is 1.27. The molecule has 1 aromatic rings. The maximum Gasteiger partial charge on any atom is 0.165 e. The van der Waals surface area contributed by atoms with E-state index in [0.717, 1.165) is 12.0 Å². The molecule has 0 radical (unpaired) electrons. The summed E-state index contributed by atoms with van der Waals surface area (Å²) in [5.74, 6) is 0.704. The van der Waals surface area contributed by atoms with Crippen LogP contribution in [-0.2, 0) is 0 Å². The average Bonchev–Trinajstić information content (AvgIpc) is 2.26. The van der Waals surface area contributed by atoms with Gasteiger partial charge in [0.15, 0.2) is 5.75 Å². The Morgan fingerprint density at radius 2 is 2.07 bits per heavy atom. The quantitative estimate of drug-likeness (QED) is 0.446. The molecule has 14 heavy (non-hydrogen) atoms. The van der Waals surface area contributed by atoms with Crippen molar-refractivity contribution in [1.29, 1.82) is 0 Å². The minimum Gasteiger partial charge on any atom is -0.340 e. The van der Waals surface area contributed by atoms with Crippen LogP contribution in [0.4, 0.5) is 0 Å². The molecule has 0 aliphatic rings. The largest absolute Gasteiger partial charge is 0.340 e. The van der Waals surface area contributed by atoms with E-state index in [-0.39, 0.29) is 0 Å². The molecular weight excluding hydrogens is 182 g/mol. The van der Waals surface area contributed by atoms with Crippen LogP contribution in [-0.4, -0.2) is 11.8 Å². The van der Waals surface area contributed by atoms with Crippen molar-refractivity contribution < 1.29 is 10.1 Å². The van der Waals surface area contributed by atoms with Crippen molar-refractivity contribution in [1.82, 2.24) is 0 Å². The topological polar surface area (TPSA) is 58.9 Å². The Morgan fingerprint density at radius 1 is 1.43 bits per heavy atom. The predicted octanol–water partition coefficient (Wildman–Crippen LogP) is 2.80. The molecule has 4 nitrogen and oxygen atoms in total. The molecule has 76 valence electrons. The lowest BCUT2D eigenvalue weighted by Crippen LogP contribution is -1.95. The molecule has 0 heterocycles. The van der Waals surface area contributed by atoms with Crippen LogP contribution in [0.2, 0.25) is 0 Å². The zero-order chi connectivity index (χ0) is 10.4. The molecular formula is C10H13NO3. The summed E-state index contributed by atoms with van der Waals surface area (Å²) in [5.41, 5.74) is 1.11. The van der Waals surface area contributed by atoms with E-state index in [4.69, 9.17) is 5.26 Å². The highest BCUT2D eigenvalue weighted by atomic mass is 17.1. The maximum atomic E-state index is 9.94. The van der Waals surface area contributed by atoms with Gasteiger partial charge in [0.1, 0.15) is 0 Å². The minimum atomic E-state index is 0.292. The van der Waals surface area contributed by atoms with Gasteiger partial charge >= 0.3 is 0 Å². The summed E-state index contributed by atoms with van der Waals surface area (Å²) >= 11 is 0. The molecule has 4 heteroatoms. The Morgan fingerprint density at radius 3 is 2.57 bits per heavy atom. The second kappa shape index (κ2) is 5.34. The Labute approximate surface area is 82.4 Å². The summed E-state index contributed by atoms with van der Waals surface area (Å²) in [6, 6.07) is 7.09. The first-order valence-electron chi connectivity index (χ1n) is 4.48. The summed E-state index contributed by atoms with van der Waals surface area (Å²) in [6.45, 7) is 2.36. The van der Waals surface area contributed by atoms with Crippen molar-refractivity contribution in [2.45, 2.75) is 19.3 Å². The number of hydrogen-bond donors (Lipinski definition) is 1. The van der Waals surface area contributed by atoms with Crippen molar-refractivity contribution >= 4 is 0 Å². The maximum absolute atomic E-state index is 9.94. The van der Waals surface area contributed by atoms with Crippen LogP contribution in [0.1, 0.15) is 24.8 Å². The Bertz CT molecular complexity index is 284. The van der Waals surface area contributed by atoms with Gasteiger partial charge in [0.25, 0.3) is 0 Å². The Balaban J connectivity index is 2.61. The van der Waals surface area contributed by atoms with Crippen LogP contribution in [0, 0.1) is 4.91 Å². The fraction of sp³-hybridized carbons (Fsp3) is 0.400. The molecule has 0 amide bonds. The molecule has 0 aromatic heterocycles. The normalized spacial score (nSPS) is 12.1. The van der Waals surface area contributed by atoms with E-state index in [0.29, 0.717) is 18.2 Å². The van der Waals surface area contributed by atoms with Gasteiger partial charge in [-0.25, -0.2) is 5.26 Å². The lowest BCUT2D eigenvalue weighted by Gasteiger charge is -2.09.